The first-order valence-electron chi connectivity index (χ1n) is 6.45. The molecule has 0 radical (unpaired) electrons. The largest absolute Gasteiger partial charge is 0.389 e. The summed E-state index contributed by atoms with van der Waals surface area (Å²) < 4.78 is 0. The number of nitrogens with zero attached hydrogens (tertiary/aromatic N) is 3. The molecule has 0 fully saturated rings. The minimum Gasteiger partial charge on any atom is -0.389 e. The summed E-state index contributed by atoms with van der Waals surface area (Å²) in [5, 5.41) is 0. The van der Waals surface area contributed by atoms with Crippen LogP contribution in [0.3, 0.4) is 0 Å². The third-order valence-electron chi connectivity index (χ3n) is 3.13. The second-order valence-electron chi connectivity index (χ2n) is 4.72. The summed E-state index contributed by atoms with van der Waals surface area (Å²) in [6.07, 6.45) is 4.53. The van der Waals surface area contributed by atoms with Crippen molar-refractivity contribution in [2.45, 2.75) is 13.3 Å². The van der Waals surface area contributed by atoms with Gasteiger partial charge in [0.2, 0.25) is 0 Å². The van der Waals surface area contributed by atoms with Gasteiger partial charge < -0.3 is 10.6 Å². The number of hydrogen-bond donors (Lipinski definition) is 1. The predicted octanol–water partition coefficient (Wildman–Crippen LogP) is 2.10. The van der Waals surface area contributed by atoms with Crippen LogP contribution in [0, 0.1) is 6.92 Å². The molecule has 2 aromatic rings. The van der Waals surface area contributed by atoms with Crippen LogP contribution in [0.2, 0.25) is 0 Å². The zero-order valence-corrected chi connectivity index (χ0v) is 12.5. The number of likely N-dealkylation sites (N-methyl/N-ethyl adjacent to an activating group) is 1. The standard InChI is InChI=1S/C15H18N4S/c1-11-3-4-13(14(16)20)15(18-11)19(2)10-7-12-5-8-17-9-6-12/h3-6,8-9H,7,10H2,1-2H3,(H2,16,20). The van der Waals surface area contributed by atoms with Gasteiger partial charge in [0.05, 0.1) is 5.56 Å². The van der Waals surface area contributed by atoms with Crippen molar-refractivity contribution in [2.75, 3.05) is 18.5 Å². The molecule has 0 aromatic carbocycles. The maximum atomic E-state index is 5.77. The third-order valence-corrected chi connectivity index (χ3v) is 3.35. The van der Waals surface area contributed by atoms with Gasteiger partial charge >= 0.3 is 0 Å². The van der Waals surface area contributed by atoms with E-state index in [1.807, 2.05) is 38.2 Å². The Labute approximate surface area is 124 Å². The maximum Gasteiger partial charge on any atom is 0.138 e. The molecule has 0 bridgehead atoms. The lowest BCUT2D eigenvalue weighted by Gasteiger charge is -2.21. The van der Waals surface area contributed by atoms with Gasteiger partial charge in [-0.2, -0.15) is 0 Å². The number of rotatable bonds is 5. The molecule has 0 saturated heterocycles. The van der Waals surface area contributed by atoms with Crippen molar-refractivity contribution >= 4 is 23.0 Å². The summed E-state index contributed by atoms with van der Waals surface area (Å²) in [7, 11) is 2.00. The summed E-state index contributed by atoms with van der Waals surface area (Å²) in [6.45, 7) is 2.81. The highest BCUT2D eigenvalue weighted by atomic mass is 32.1. The summed E-state index contributed by atoms with van der Waals surface area (Å²) in [5.41, 5.74) is 8.79. The number of aromatic nitrogens is 2. The minimum atomic E-state index is 0.378. The van der Waals surface area contributed by atoms with E-state index >= 15 is 0 Å². The van der Waals surface area contributed by atoms with Crippen LogP contribution in [0.4, 0.5) is 5.82 Å². The van der Waals surface area contributed by atoms with Crippen LogP contribution in [-0.4, -0.2) is 28.5 Å². The van der Waals surface area contributed by atoms with Crippen LogP contribution in [0.1, 0.15) is 16.8 Å². The van der Waals surface area contributed by atoms with Crippen molar-refractivity contribution < 1.29 is 0 Å². The smallest absolute Gasteiger partial charge is 0.138 e. The zero-order chi connectivity index (χ0) is 14.5. The second-order valence-corrected chi connectivity index (χ2v) is 5.15. The molecular formula is C15H18N4S. The van der Waals surface area contributed by atoms with Crippen molar-refractivity contribution in [2.24, 2.45) is 5.73 Å². The average Bonchev–Trinajstić information content (AvgIpc) is 2.45. The summed E-state index contributed by atoms with van der Waals surface area (Å²) >= 11 is 5.09. The average molecular weight is 286 g/mol. The third kappa shape index (κ3) is 3.51. The molecule has 0 aliphatic rings. The fraction of sp³-hybridized carbons (Fsp3) is 0.267. The molecule has 2 heterocycles. The van der Waals surface area contributed by atoms with Gasteiger partial charge in [-0.25, -0.2) is 4.98 Å². The van der Waals surface area contributed by atoms with E-state index in [0.717, 1.165) is 30.0 Å². The Bertz CT molecular complexity index is 598. The molecule has 0 aliphatic heterocycles. The van der Waals surface area contributed by atoms with Gasteiger partial charge in [0, 0.05) is 31.7 Å². The normalized spacial score (nSPS) is 10.3. The van der Waals surface area contributed by atoms with E-state index in [-0.39, 0.29) is 0 Å². The van der Waals surface area contributed by atoms with Crippen molar-refractivity contribution in [3.63, 3.8) is 0 Å². The number of hydrogen-bond acceptors (Lipinski definition) is 4. The van der Waals surface area contributed by atoms with Gasteiger partial charge in [-0.1, -0.05) is 12.2 Å². The lowest BCUT2D eigenvalue weighted by molar-refractivity contribution is 0.854. The van der Waals surface area contributed by atoms with Gasteiger partial charge in [0.25, 0.3) is 0 Å². The van der Waals surface area contributed by atoms with Gasteiger partial charge in [0.1, 0.15) is 10.8 Å². The first kappa shape index (κ1) is 14.4. The Morgan fingerprint density at radius 1 is 1.25 bits per heavy atom. The van der Waals surface area contributed by atoms with Crippen molar-refractivity contribution in [3.8, 4) is 0 Å². The lowest BCUT2D eigenvalue weighted by Crippen LogP contribution is -2.25. The molecule has 0 saturated carbocycles. The number of aryl methyl sites for hydroxylation is 1. The molecule has 20 heavy (non-hydrogen) atoms. The molecule has 2 rings (SSSR count). The van der Waals surface area contributed by atoms with Crippen molar-refractivity contribution in [1.29, 1.82) is 0 Å². The molecule has 0 atom stereocenters. The van der Waals surface area contributed by atoms with Gasteiger partial charge in [-0.05, 0) is 43.2 Å². The maximum absolute atomic E-state index is 5.77. The highest BCUT2D eigenvalue weighted by molar-refractivity contribution is 7.80. The van der Waals surface area contributed by atoms with Crippen LogP contribution < -0.4 is 10.6 Å². The molecule has 104 valence electrons. The molecular weight excluding hydrogens is 268 g/mol. The summed E-state index contributed by atoms with van der Waals surface area (Å²) in [6, 6.07) is 7.90. The highest BCUT2D eigenvalue weighted by Gasteiger charge is 2.11. The fourth-order valence-electron chi connectivity index (χ4n) is 1.98. The van der Waals surface area contributed by atoms with Crippen molar-refractivity contribution in [3.05, 3.63) is 53.5 Å². The number of nitrogens with two attached hydrogens (primary N) is 1. The monoisotopic (exact) mass is 286 g/mol. The molecule has 0 unspecified atom stereocenters. The number of pyridine rings is 2. The molecule has 2 aromatic heterocycles. The van der Waals surface area contributed by atoms with Gasteiger partial charge in [0.15, 0.2) is 0 Å². The van der Waals surface area contributed by atoms with Gasteiger partial charge in [-0.3, -0.25) is 4.98 Å². The Morgan fingerprint density at radius 2 is 1.95 bits per heavy atom. The molecule has 5 heteroatoms. The molecule has 0 aliphatic carbocycles. The Balaban J connectivity index is 2.14. The summed E-state index contributed by atoms with van der Waals surface area (Å²) in [4.78, 5) is 11.0. The first-order chi connectivity index (χ1) is 9.58. The topological polar surface area (TPSA) is 55.0 Å². The molecule has 2 N–H and O–H groups in total. The lowest BCUT2D eigenvalue weighted by atomic mass is 10.2. The quantitative estimate of drug-likeness (QED) is 0.853. The van der Waals surface area contributed by atoms with Crippen LogP contribution in [0.5, 0.6) is 0 Å². The van der Waals surface area contributed by atoms with E-state index < -0.39 is 0 Å². The van der Waals surface area contributed by atoms with Crippen molar-refractivity contribution in [1.82, 2.24) is 9.97 Å². The van der Waals surface area contributed by atoms with E-state index in [0.29, 0.717) is 4.99 Å². The highest BCUT2D eigenvalue weighted by Crippen LogP contribution is 2.17. The SMILES string of the molecule is Cc1ccc(C(N)=S)c(N(C)CCc2ccncc2)n1. The van der Waals surface area contributed by atoms with Crippen LogP contribution in [0.15, 0.2) is 36.7 Å². The van der Waals surface area contributed by atoms with E-state index in [9.17, 15) is 0 Å². The molecule has 0 spiro atoms. The van der Waals surface area contributed by atoms with Crippen LogP contribution >= 0.6 is 12.2 Å². The van der Waals surface area contributed by atoms with E-state index in [1.165, 1.54) is 5.56 Å². The van der Waals surface area contributed by atoms with E-state index in [2.05, 4.69) is 14.9 Å². The first-order valence-corrected chi connectivity index (χ1v) is 6.86. The fourth-order valence-corrected chi connectivity index (χ4v) is 2.14. The number of thiocarbonyl (C=S) groups is 1. The summed E-state index contributed by atoms with van der Waals surface area (Å²) in [5.74, 6) is 0.839. The zero-order valence-electron chi connectivity index (χ0n) is 11.7. The molecule has 0 amide bonds. The van der Waals surface area contributed by atoms with Gasteiger partial charge in [-0.15, -0.1) is 0 Å². The second kappa shape index (κ2) is 6.43. The van der Waals surface area contributed by atoms with Crippen LogP contribution in [0.25, 0.3) is 0 Å². The van der Waals surface area contributed by atoms with Crippen LogP contribution in [-0.2, 0) is 6.42 Å². The van der Waals surface area contributed by atoms with E-state index in [1.54, 1.807) is 12.4 Å². The Kier molecular flexibility index (Phi) is 4.63. The number of anilines is 1. The van der Waals surface area contributed by atoms with E-state index in [4.69, 9.17) is 18.0 Å². The minimum absolute atomic E-state index is 0.378. The Hall–Kier alpha value is -2.01. The predicted molar refractivity (Wildman–Crippen MR) is 86.1 cm³/mol. The Morgan fingerprint density at radius 3 is 2.60 bits per heavy atom. The molecule has 4 nitrogen and oxygen atoms in total.